The first-order valence-electron chi connectivity index (χ1n) is 12.0. The zero-order valence-electron chi connectivity index (χ0n) is 21.3. The summed E-state index contributed by atoms with van der Waals surface area (Å²) in [5.74, 6) is 2.28. The summed E-state index contributed by atoms with van der Waals surface area (Å²) in [6.45, 7) is 6.47. The predicted molar refractivity (Wildman–Crippen MR) is 141 cm³/mol. The molecule has 1 aromatic heterocycles. The van der Waals surface area contributed by atoms with Crippen LogP contribution in [0.5, 0.6) is 11.5 Å². The molecule has 1 atom stereocenters. The number of allylic oxidation sites excluding steroid dienone is 1. The Balaban J connectivity index is 1.68. The molecular formula is C27H32N4O4S. The van der Waals surface area contributed by atoms with Crippen LogP contribution < -0.4 is 14.8 Å². The molecule has 1 unspecified atom stereocenters. The van der Waals surface area contributed by atoms with Gasteiger partial charge in [-0.3, -0.25) is 0 Å². The van der Waals surface area contributed by atoms with Crippen molar-refractivity contribution in [1.82, 2.24) is 14.8 Å². The fourth-order valence-electron chi connectivity index (χ4n) is 4.12. The van der Waals surface area contributed by atoms with Crippen molar-refractivity contribution in [3.63, 3.8) is 0 Å². The first-order valence-corrected chi connectivity index (χ1v) is 13.0. The highest BCUT2D eigenvalue weighted by atomic mass is 32.2. The lowest BCUT2D eigenvalue weighted by atomic mass is 9.95. The summed E-state index contributed by atoms with van der Waals surface area (Å²) >= 11 is 1.61. The van der Waals surface area contributed by atoms with E-state index in [-0.39, 0.29) is 0 Å². The van der Waals surface area contributed by atoms with Gasteiger partial charge in [0.15, 0.2) is 11.5 Å². The predicted octanol–water partition coefficient (Wildman–Crippen LogP) is 5.53. The number of rotatable bonds is 10. The number of nitrogens with zero attached hydrogens (tertiary/aromatic N) is 3. The molecular weight excluding hydrogens is 476 g/mol. The second-order valence-electron chi connectivity index (χ2n) is 8.61. The normalized spacial score (nSPS) is 14.8. The van der Waals surface area contributed by atoms with Crippen LogP contribution in [-0.4, -0.2) is 40.7 Å². The lowest BCUT2D eigenvalue weighted by Crippen LogP contribution is -2.29. The van der Waals surface area contributed by atoms with Crippen LogP contribution in [0.3, 0.4) is 0 Å². The average Bonchev–Trinajstić information content (AvgIpc) is 3.28. The molecule has 0 bridgehead atoms. The van der Waals surface area contributed by atoms with Crippen LogP contribution >= 0.6 is 11.8 Å². The number of benzene rings is 2. The van der Waals surface area contributed by atoms with Crippen molar-refractivity contribution in [2.24, 2.45) is 0 Å². The quantitative estimate of drug-likeness (QED) is 0.217. The molecule has 0 amide bonds. The number of hydrogen-bond donors (Lipinski definition) is 1. The Bertz CT molecular complexity index is 1270. The lowest BCUT2D eigenvalue weighted by molar-refractivity contribution is -0.136. The first-order chi connectivity index (χ1) is 17.4. The lowest BCUT2D eigenvalue weighted by Gasteiger charge is -2.28. The van der Waals surface area contributed by atoms with E-state index < -0.39 is 12.0 Å². The molecule has 36 heavy (non-hydrogen) atoms. The van der Waals surface area contributed by atoms with Gasteiger partial charge < -0.3 is 19.5 Å². The van der Waals surface area contributed by atoms with E-state index in [1.54, 1.807) is 23.6 Å². The minimum absolute atomic E-state index is 0.419. The second kappa shape index (κ2) is 11.5. The molecule has 0 aliphatic carbocycles. The molecule has 2 aromatic carbocycles. The summed E-state index contributed by atoms with van der Waals surface area (Å²) in [5, 5.41) is 8.62. The molecule has 1 aliphatic heterocycles. The number of unbranched alkanes of at least 4 members (excludes halogenated alkanes) is 1. The van der Waals surface area contributed by atoms with E-state index in [2.05, 4.69) is 36.3 Å². The molecule has 1 N–H and O–H groups in total. The summed E-state index contributed by atoms with van der Waals surface area (Å²) < 4.78 is 18.6. The second-order valence-corrected chi connectivity index (χ2v) is 9.67. The molecule has 8 nitrogen and oxygen atoms in total. The van der Waals surface area contributed by atoms with Crippen molar-refractivity contribution >= 4 is 23.7 Å². The molecule has 2 heterocycles. The summed E-state index contributed by atoms with van der Waals surface area (Å²) in [6, 6.07) is 13.3. The number of methoxy groups -OCH3 is 2. The highest BCUT2D eigenvalue weighted by Crippen LogP contribution is 2.40. The minimum atomic E-state index is -0.526. The monoisotopic (exact) mass is 508 g/mol. The van der Waals surface area contributed by atoms with E-state index in [0.717, 1.165) is 29.7 Å². The average molecular weight is 509 g/mol. The molecule has 0 saturated carbocycles. The van der Waals surface area contributed by atoms with Crippen LogP contribution in [0, 0.1) is 6.92 Å². The number of aromatic nitrogens is 3. The van der Waals surface area contributed by atoms with Crippen LogP contribution in [0.15, 0.2) is 58.9 Å². The van der Waals surface area contributed by atoms with E-state index in [0.29, 0.717) is 40.5 Å². The van der Waals surface area contributed by atoms with Crippen molar-refractivity contribution in [3.05, 3.63) is 70.4 Å². The highest BCUT2D eigenvalue weighted by molar-refractivity contribution is 7.99. The Morgan fingerprint density at radius 3 is 2.69 bits per heavy atom. The van der Waals surface area contributed by atoms with E-state index in [1.807, 2.05) is 37.3 Å². The number of carbonyl (C=O) groups excluding carboxylic acids is 1. The Kier molecular flexibility index (Phi) is 8.20. The van der Waals surface area contributed by atoms with Crippen molar-refractivity contribution in [1.29, 1.82) is 0 Å². The van der Waals surface area contributed by atoms with Gasteiger partial charge in [-0.2, -0.15) is 4.98 Å². The van der Waals surface area contributed by atoms with Crippen LogP contribution in [0.25, 0.3) is 0 Å². The van der Waals surface area contributed by atoms with Gasteiger partial charge in [0.1, 0.15) is 12.6 Å². The fourth-order valence-corrected chi connectivity index (χ4v) is 5.03. The fraction of sp³-hybridized carbons (Fsp3) is 0.370. The van der Waals surface area contributed by atoms with E-state index >= 15 is 0 Å². The molecule has 0 radical (unpaired) electrons. The number of thioether (sulfide) groups is 1. The number of esters is 1. The zero-order chi connectivity index (χ0) is 25.7. The Morgan fingerprint density at radius 2 is 1.97 bits per heavy atom. The van der Waals surface area contributed by atoms with Crippen LogP contribution in [0.2, 0.25) is 0 Å². The van der Waals surface area contributed by atoms with Crippen LogP contribution in [-0.2, 0) is 16.1 Å². The third-order valence-electron chi connectivity index (χ3n) is 5.95. The largest absolute Gasteiger partial charge is 0.493 e. The van der Waals surface area contributed by atoms with Crippen molar-refractivity contribution < 1.29 is 19.0 Å². The molecule has 4 rings (SSSR count). The smallest absolute Gasteiger partial charge is 0.338 e. The number of aryl methyl sites for hydroxylation is 1. The van der Waals surface area contributed by atoms with Crippen molar-refractivity contribution in [2.45, 2.75) is 51.4 Å². The summed E-state index contributed by atoms with van der Waals surface area (Å²) in [4.78, 5) is 17.5. The van der Waals surface area contributed by atoms with Gasteiger partial charge in [-0.1, -0.05) is 61.0 Å². The van der Waals surface area contributed by atoms with Gasteiger partial charge in [0.2, 0.25) is 11.1 Å². The maximum Gasteiger partial charge on any atom is 0.338 e. The number of carbonyl (C=O) groups is 1. The molecule has 9 heteroatoms. The highest BCUT2D eigenvalue weighted by Gasteiger charge is 2.35. The van der Waals surface area contributed by atoms with Gasteiger partial charge in [-0.25, -0.2) is 9.48 Å². The van der Waals surface area contributed by atoms with Gasteiger partial charge in [0.25, 0.3) is 0 Å². The molecule has 1 aliphatic rings. The Hall–Kier alpha value is -3.46. The number of fused-ring (bicyclic) bond motifs is 1. The number of nitrogens with one attached hydrogen (secondary N) is 1. The summed E-state index contributed by atoms with van der Waals surface area (Å²) in [5.41, 5.74) is 4.21. The van der Waals surface area contributed by atoms with Gasteiger partial charge >= 0.3 is 5.97 Å². The SMILES string of the molecule is CCCCSc1nc2n(n1)C(c1ccc(OCc3cccc(C)c3)c(OC)c1)C(C(=O)OC)=C(C)N2. The topological polar surface area (TPSA) is 87.5 Å². The Labute approximate surface area is 216 Å². The van der Waals surface area contributed by atoms with E-state index in [4.69, 9.17) is 19.3 Å². The number of ether oxygens (including phenoxy) is 3. The third kappa shape index (κ3) is 5.51. The van der Waals surface area contributed by atoms with Crippen LogP contribution in [0.4, 0.5) is 5.95 Å². The van der Waals surface area contributed by atoms with Crippen molar-refractivity contribution in [2.75, 3.05) is 25.3 Å². The van der Waals surface area contributed by atoms with E-state index in [9.17, 15) is 4.79 Å². The third-order valence-corrected chi connectivity index (χ3v) is 6.87. The molecule has 0 saturated heterocycles. The standard InChI is InChI=1S/C27H32N4O4S/c1-6-7-13-36-27-29-26-28-18(3)23(25(32)34-5)24(31(26)30-27)20-11-12-21(22(15-20)33-4)35-16-19-10-8-9-17(2)14-19/h8-12,14-15,24H,6-7,13,16H2,1-5H3,(H,28,29,30). The first kappa shape index (κ1) is 25.6. The molecule has 0 spiro atoms. The molecule has 190 valence electrons. The summed E-state index contributed by atoms with van der Waals surface area (Å²) in [7, 11) is 2.98. The Morgan fingerprint density at radius 1 is 1.14 bits per heavy atom. The van der Waals surface area contributed by atoms with Gasteiger partial charge in [0, 0.05) is 11.4 Å². The zero-order valence-corrected chi connectivity index (χ0v) is 22.1. The number of hydrogen-bond acceptors (Lipinski definition) is 8. The maximum absolute atomic E-state index is 12.9. The minimum Gasteiger partial charge on any atom is -0.493 e. The summed E-state index contributed by atoms with van der Waals surface area (Å²) in [6.07, 6.45) is 2.18. The molecule has 3 aromatic rings. The van der Waals surface area contributed by atoms with Gasteiger partial charge in [0.05, 0.1) is 19.8 Å². The number of anilines is 1. The molecule has 0 fully saturated rings. The van der Waals surface area contributed by atoms with Gasteiger partial charge in [-0.15, -0.1) is 5.10 Å². The van der Waals surface area contributed by atoms with Gasteiger partial charge in [-0.05, 0) is 43.5 Å². The van der Waals surface area contributed by atoms with Crippen molar-refractivity contribution in [3.8, 4) is 11.5 Å². The maximum atomic E-state index is 12.9. The van der Waals surface area contributed by atoms with Crippen LogP contribution in [0.1, 0.15) is 49.4 Å². The van der Waals surface area contributed by atoms with E-state index in [1.165, 1.54) is 12.7 Å².